The lowest BCUT2D eigenvalue weighted by Gasteiger charge is -2.22. The fourth-order valence-electron chi connectivity index (χ4n) is 3.16. The number of hydrogen-bond donors (Lipinski definition) is 0. The zero-order chi connectivity index (χ0) is 13.9. The third-order valence-corrected chi connectivity index (χ3v) is 3.95. The molecule has 18 heavy (non-hydrogen) atoms. The van der Waals surface area contributed by atoms with E-state index in [2.05, 4.69) is 46.8 Å². The molecule has 1 aliphatic carbocycles. The first kappa shape index (κ1) is 15.3. The molecule has 0 bridgehead atoms. The molecule has 0 radical (unpaired) electrons. The molecule has 1 unspecified atom stereocenters. The van der Waals surface area contributed by atoms with Gasteiger partial charge in [-0.05, 0) is 52.8 Å². The Labute approximate surface area is 114 Å². The number of rotatable bonds is 2. The van der Waals surface area contributed by atoms with Gasteiger partial charge in [-0.15, -0.1) is 0 Å². The Bertz CT molecular complexity index is 385. The van der Waals surface area contributed by atoms with Crippen LogP contribution in [-0.2, 0) is 6.42 Å². The van der Waals surface area contributed by atoms with Gasteiger partial charge >= 0.3 is 0 Å². The Balaban J connectivity index is 0.000000771. The molecule has 0 aliphatic heterocycles. The van der Waals surface area contributed by atoms with Crippen LogP contribution in [-0.4, -0.2) is 0 Å². The largest absolute Gasteiger partial charge is 0.0683 e. The van der Waals surface area contributed by atoms with Crippen molar-refractivity contribution in [3.05, 3.63) is 34.4 Å². The molecule has 0 spiro atoms. The number of hydrogen-bond acceptors (Lipinski definition) is 0. The van der Waals surface area contributed by atoms with E-state index in [1.165, 1.54) is 12.8 Å². The molecule has 2 rings (SSSR count). The first-order valence-corrected chi connectivity index (χ1v) is 7.68. The van der Waals surface area contributed by atoms with Crippen LogP contribution in [0.15, 0.2) is 12.1 Å². The van der Waals surface area contributed by atoms with Gasteiger partial charge < -0.3 is 0 Å². The maximum atomic E-state index is 2.39. The summed E-state index contributed by atoms with van der Waals surface area (Å²) in [5.74, 6) is 2.08. The smallest absolute Gasteiger partial charge is 0.0182 e. The second kappa shape index (κ2) is 6.41. The summed E-state index contributed by atoms with van der Waals surface area (Å²) in [6.07, 6.45) is 2.63. The number of fused-ring (bicyclic) bond motifs is 1. The molecule has 0 saturated heterocycles. The molecule has 1 aromatic rings. The lowest BCUT2D eigenvalue weighted by Crippen LogP contribution is -2.05. The lowest BCUT2D eigenvalue weighted by atomic mass is 9.83. The summed E-state index contributed by atoms with van der Waals surface area (Å²) in [5.41, 5.74) is 6.52. The van der Waals surface area contributed by atoms with Gasteiger partial charge in [-0.25, -0.2) is 0 Å². The minimum Gasteiger partial charge on any atom is -0.0683 e. The first-order valence-electron chi connectivity index (χ1n) is 7.68. The molecule has 0 N–H and O–H groups in total. The average molecular weight is 246 g/mol. The summed E-state index contributed by atoms with van der Waals surface area (Å²) in [6, 6.07) is 4.75. The van der Waals surface area contributed by atoms with Gasteiger partial charge in [0.1, 0.15) is 0 Å². The van der Waals surface area contributed by atoms with Crippen molar-refractivity contribution in [1.82, 2.24) is 0 Å². The summed E-state index contributed by atoms with van der Waals surface area (Å²) in [6.45, 7) is 15.7. The van der Waals surface area contributed by atoms with Crippen molar-refractivity contribution >= 4 is 0 Å². The van der Waals surface area contributed by atoms with Crippen LogP contribution in [0.5, 0.6) is 0 Å². The summed E-state index contributed by atoms with van der Waals surface area (Å²) in [4.78, 5) is 0. The molecule has 0 amide bonds. The van der Waals surface area contributed by atoms with Crippen molar-refractivity contribution in [3.63, 3.8) is 0 Å². The van der Waals surface area contributed by atoms with Crippen LogP contribution in [0.2, 0.25) is 0 Å². The normalized spacial score (nSPS) is 17.7. The maximum Gasteiger partial charge on any atom is -0.0182 e. The van der Waals surface area contributed by atoms with Crippen molar-refractivity contribution in [2.24, 2.45) is 0 Å². The predicted octanol–water partition coefficient (Wildman–Crippen LogP) is 6.01. The number of benzene rings is 1. The Morgan fingerprint density at radius 1 is 1.00 bits per heavy atom. The van der Waals surface area contributed by atoms with Gasteiger partial charge in [-0.1, -0.05) is 60.6 Å². The van der Waals surface area contributed by atoms with Gasteiger partial charge in [0.25, 0.3) is 0 Å². The monoisotopic (exact) mass is 246 g/mol. The number of aryl methyl sites for hydroxylation is 1. The van der Waals surface area contributed by atoms with Crippen LogP contribution in [0, 0.1) is 0 Å². The lowest BCUT2D eigenvalue weighted by molar-refractivity contribution is 0.716. The van der Waals surface area contributed by atoms with Crippen LogP contribution in [0.1, 0.15) is 94.9 Å². The van der Waals surface area contributed by atoms with E-state index in [0.29, 0.717) is 11.8 Å². The van der Waals surface area contributed by atoms with E-state index in [-0.39, 0.29) is 0 Å². The van der Waals surface area contributed by atoms with Crippen molar-refractivity contribution < 1.29 is 0 Å². The Morgan fingerprint density at radius 3 is 2.11 bits per heavy atom. The molecule has 0 fully saturated rings. The quantitative estimate of drug-likeness (QED) is 0.599. The van der Waals surface area contributed by atoms with Crippen LogP contribution in [0.3, 0.4) is 0 Å². The summed E-state index contributed by atoms with van der Waals surface area (Å²) < 4.78 is 0. The highest BCUT2D eigenvalue weighted by molar-refractivity contribution is 5.48. The van der Waals surface area contributed by atoms with Crippen molar-refractivity contribution in [2.45, 2.75) is 79.1 Å². The van der Waals surface area contributed by atoms with Gasteiger partial charge in [0, 0.05) is 0 Å². The van der Waals surface area contributed by atoms with Gasteiger partial charge in [-0.3, -0.25) is 0 Å². The average Bonchev–Trinajstić information content (AvgIpc) is 2.72. The Hall–Kier alpha value is -0.780. The summed E-state index contributed by atoms with van der Waals surface area (Å²) >= 11 is 0. The molecule has 102 valence electrons. The molecule has 1 atom stereocenters. The maximum absolute atomic E-state index is 2.39. The topological polar surface area (TPSA) is 0 Å². The molecule has 0 heterocycles. The zero-order valence-corrected chi connectivity index (χ0v) is 13.3. The molecular formula is C18H30. The van der Waals surface area contributed by atoms with Crippen LogP contribution in [0.4, 0.5) is 0 Å². The Morgan fingerprint density at radius 2 is 1.61 bits per heavy atom. The van der Waals surface area contributed by atoms with Crippen molar-refractivity contribution in [3.8, 4) is 0 Å². The van der Waals surface area contributed by atoms with Gasteiger partial charge in [-0.2, -0.15) is 0 Å². The molecule has 0 saturated carbocycles. The van der Waals surface area contributed by atoms with Crippen LogP contribution >= 0.6 is 0 Å². The predicted molar refractivity (Wildman–Crippen MR) is 82.7 cm³/mol. The fourth-order valence-corrected chi connectivity index (χ4v) is 3.16. The van der Waals surface area contributed by atoms with Crippen molar-refractivity contribution in [2.75, 3.05) is 0 Å². The molecule has 1 aliphatic rings. The zero-order valence-electron chi connectivity index (χ0n) is 13.3. The van der Waals surface area contributed by atoms with E-state index in [0.717, 1.165) is 5.92 Å². The SMILES string of the molecule is CC.CC(C)c1ccc2c(c1C(C)C)C(C)CC2. The minimum absolute atomic E-state index is 0.649. The molecule has 0 aromatic heterocycles. The van der Waals surface area contributed by atoms with Gasteiger partial charge in [0.2, 0.25) is 0 Å². The van der Waals surface area contributed by atoms with Gasteiger partial charge in [0.15, 0.2) is 0 Å². The van der Waals surface area contributed by atoms with E-state index < -0.39 is 0 Å². The van der Waals surface area contributed by atoms with E-state index >= 15 is 0 Å². The second-order valence-corrected chi connectivity index (χ2v) is 5.89. The summed E-state index contributed by atoms with van der Waals surface area (Å²) in [5, 5.41) is 0. The van der Waals surface area contributed by atoms with E-state index in [9.17, 15) is 0 Å². The van der Waals surface area contributed by atoms with E-state index in [1.807, 2.05) is 13.8 Å². The fraction of sp³-hybridized carbons (Fsp3) is 0.667. The highest BCUT2D eigenvalue weighted by atomic mass is 14.3. The second-order valence-electron chi connectivity index (χ2n) is 5.89. The highest BCUT2D eigenvalue weighted by Crippen LogP contribution is 2.41. The molecule has 0 nitrogen and oxygen atoms in total. The molecule has 1 aromatic carbocycles. The third kappa shape index (κ3) is 2.79. The van der Waals surface area contributed by atoms with Crippen LogP contribution < -0.4 is 0 Å². The summed E-state index contributed by atoms with van der Waals surface area (Å²) in [7, 11) is 0. The van der Waals surface area contributed by atoms with E-state index in [4.69, 9.17) is 0 Å². The molecular weight excluding hydrogens is 216 g/mol. The first-order chi connectivity index (χ1) is 8.52. The van der Waals surface area contributed by atoms with E-state index in [1.54, 1.807) is 22.3 Å². The standard InChI is InChI=1S/C16H24.C2H6/c1-10(2)14-9-8-13-7-6-12(5)16(13)15(14)11(3)4;1-2/h8-12H,6-7H2,1-5H3;1-2H3. The van der Waals surface area contributed by atoms with Crippen molar-refractivity contribution in [1.29, 1.82) is 0 Å². The minimum atomic E-state index is 0.649. The Kier molecular flexibility index (Phi) is 5.44. The van der Waals surface area contributed by atoms with Gasteiger partial charge in [0.05, 0.1) is 0 Å². The van der Waals surface area contributed by atoms with Crippen LogP contribution in [0.25, 0.3) is 0 Å². The molecule has 0 heteroatoms. The highest BCUT2D eigenvalue weighted by Gasteiger charge is 2.25. The third-order valence-electron chi connectivity index (χ3n) is 3.95.